The second-order valence-electron chi connectivity index (χ2n) is 6.46. The molecule has 28 heavy (non-hydrogen) atoms. The van der Waals surface area contributed by atoms with Crippen LogP contribution in [-0.2, 0) is 6.54 Å². The lowest BCUT2D eigenvalue weighted by atomic mass is 9.93. The van der Waals surface area contributed by atoms with Crippen LogP contribution in [0.1, 0.15) is 30.4 Å². The van der Waals surface area contributed by atoms with Gasteiger partial charge in [-0.3, -0.25) is 0 Å². The number of hydrogen-bond acceptors (Lipinski definition) is 4. The van der Waals surface area contributed by atoms with Crippen molar-refractivity contribution in [3.05, 3.63) is 59.7 Å². The second kappa shape index (κ2) is 12.5. The first-order valence-electron chi connectivity index (χ1n) is 9.01. The third kappa shape index (κ3) is 7.55. The Morgan fingerprint density at radius 3 is 2.39 bits per heavy atom. The third-order valence-electron chi connectivity index (χ3n) is 4.31. The van der Waals surface area contributed by atoms with Gasteiger partial charge in [-0.15, -0.1) is 24.0 Å². The number of aliphatic hydroxyl groups excluding tert-OH is 1. The predicted octanol–water partition coefficient (Wildman–Crippen LogP) is 3.28. The number of nitrogens with one attached hydrogen (secondary N) is 1. The average Bonchev–Trinajstić information content (AvgIpc) is 2.69. The van der Waals surface area contributed by atoms with Gasteiger partial charge in [-0.05, 0) is 36.6 Å². The first-order chi connectivity index (χ1) is 13.0. The van der Waals surface area contributed by atoms with Gasteiger partial charge in [-0.25, -0.2) is 4.99 Å². The van der Waals surface area contributed by atoms with Crippen LogP contribution in [0.2, 0.25) is 0 Å². The Labute approximate surface area is 184 Å². The SMILES string of the molecule is COc1ccc(CN=C(N)NCC(CC(C)O)c2ccccc2)cc1OC.I. The van der Waals surface area contributed by atoms with E-state index < -0.39 is 0 Å². The maximum absolute atomic E-state index is 9.78. The monoisotopic (exact) mass is 499 g/mol. The van der Waals surface area contributed by atoms with Crippen LogP contribution in [0.25, 0.3) is 0 Å². The molecule has 0 aromatic heterocycles. The average molecular weight is 499 g/mol. The zero-order valence-corrected chi connectivity index (χ0v) is 18.9. The van der Waals surface area contributed by atoms with Crippen LogP contribution in [0.5, 0.6) is 11.5 Å². The van der Waals surface area contributed by atoms with E-state index >= 15 is 0 Å². The summed E-state index contributed by atoms with van der Waals surface area (Å²) >= 11 is 0. The van der Waals surface area contributed by atoms with Gasteiger partial charge in [0.25, 0.3) is 0 Å². The molecule has 2 unspecified atom stereocenters. The number of halogens is 1. The highest BCUT2D eigenvalue weighted by Crippen LogP contribution is 2.27. The van der Waals surface area contributed by atoms with E-state index in [1.807, 2.05) is 36.4 Å². The molecule has 0 bridgehead atoms. The van der Waals surface area contributed by atoms with Gasteiger partial charge in [0.2, 0.25) is 0 Å². The summed E-state index contributed by atoms with van der Waals surface area (Å²) < 4.78 is 10.5. The van der Waals surface area contributed by atoms with Crippen molar-refractivity contribution in [1.29, 1.82) is 0 Å². The number of nitrogens with two attached hydrogens (primary N) is 1. The van der Waals surface area contributed by atoms with Crippen LogP contribution >= 0.6 is 24.0 Å². The molecule has 0 aliphatic heterocycles. The number of aliphatic hydroxyl groups is 1. The maximum atomic E-state index is 9.78. The van der Waals surface area contributed by atoms with Crippen molar-refractivity contribution >= 4 is 29.9 Å². The molecule has 154 valence electrons. The molecule has 0 heterocycles. The van der Waals surface area contributed by atoms with Gasteiger partial charge >= 0.3 is 0 Å². The molecule has 0 saturated carbocycles. The van der Waals surface area contributed by atoms with Crippen molar-refractivity contribution in [3.8, 4) is 11.5 Å². The Balaban J connectivity index is 0.00000392. The fourth-order valence-corrected chi connectivity index (χ4v) is 2.91. The van der Waals surface area contributed by atoms with Gasteiger partial charge in [-0.1, -0.05) is 36.4 Å². The number of methoxy groups -OCH3 is 2. The highest BCUT2D eigenvalue weighted by Gasteiger charge is 2.14. The molecule has 2 aromatic rings. The van der Waals surface area contributed by atoms with Gasteiger partial charge in [0.1, 0.15) is 0 Å². The molecule has 2 atom stereocenters. The van der Waals surface area contributed by atoms with Crippen LogP contribution < -0.4 is 20.5 Å². The molecule has 2 aromatic carbocycles. The molecule has 2 rings (SSSR count). The normalized spacial score (nSPS) is 13.2. The molecule has 6 nitrogen and oxygen atoms in total. The second-order valence-corrected chi connectivity index (χ2v) is 6.46. The van der Waals surface area contributed by atoms with Crippen molar-refractivity contribution in [1.82, 2.24) is 5.32 Å². The molecular formula is C21H30IN3O3. The van der Waals surface area contributed by atoms with Crippen LogP contribution in [0.4, 0.5) is 0 Å². The lowest BCUT2D eigenvalue weighted by Crippen LogP contribution is -2.35. The fraction of sp³-hybridized carbons (Fsp3) is 0.381. The van der Waals surface area contributed by atoms with Crippen LogP contribution in [0.15, 0.2) is 53.5 Å². The quantitative estimate of drug-likeness (QED) is 0.280. The van der Waals surface area contributed by atoms with Crippen LogP contribution in [-0.4, -0.2) is 37.9 Å². The maximum Gasteiger partial charge on any atom is 0.188 e. The minimum Gasteiger partial charge on any atom is -0.493 e. The standard InChI is InChI=1S/C21H29N3O3.HI/c1-15(25)11-18(17-7-5-4-6-8-17)14-24-21(22)23-13-16-9-10-19(26-2)20(12-16)27-3;/h4-10,12,15,18,25H,11,13-14H2,1-3H3,(H3,22,23,24);1H. The van der Waals surface area contributed by atoms with E-state index in [1.165, 1.54) is 5.56 Å². The summed E-state index contributed by atoms with van der Waals surface area (Å²) in [5.41, 5.74) is 8.16. The Hall–Kier alpha value is -2.00. The molecule has 4 N–H and O–H groups in total. The van der Waals surface area contributed by atoms with Crippen molar-refractivity contribution in [3.63, 3.8) is 0 Å². The van der Waals surface area contributed by atoms with Crippen molar-refractivity contribution in [2.45, 2.75) is 31.9 Å². The Morgan fingerprint density at radius 2 is 1.79 bits per heavy atom. The predicted molar refractivity (Wildman–Crippen MR) is 124 cm³/mol. The molecular weight excluding hydrogens is 469 g/mol. The Bertz CT molecular complexity index is 739. The number of rotatable bonds is 9. The molecule has 0 amide bonds. The molecule has 0 saturated heterocycles. The van der Waals surface area contributed by atoms with E-state index in [9.17, 15) is 5.11 Å². The van der Waals surface area contributed by atoms with E-state index in [2.05, 4.69) is 22.4 Å². The summed E-state index contributed by atoms with van der Waals surface area (Å²) in [7, 11) is 3.21. The largest absolute Gasteiger partial charge is 0.493 e. The van der Waals surface area contributed by atoms with E-state index in [-0.39, 0.29) is 36.0 Å². The number of hydrogen-bond donors (Lipinski definition) is 3. The molecule has 0 fully saturated rings. The van der Waals surface area contributed by atoms with Crippen LogP contribution in [0.3, 0.4) is 0 Å². The smallest absolute Gasteiger partial charge is 0.188 e. The van der Waals surface area contributed by atoms with Crippen molar-refractivity contribution in [2.24, 2.45) is 10.7 Å². The summed E-state index contributed by atoms with van der Waals surface area (Å²) in [5.74, 6) is 1.87. The molecule has 0 spiro atoms. The first-order valence-corrected chi connectivity index (χ1v) is 9.01. The lowest BCUT2D eigenvalue weighted by molar-refractivity contribution is 0.174. The Morgan fingerprint density at radius 1 is 1.11 bits per heavy atom. The summed E-state index contributed by atoms with van der Waals surface area (Å²) in [6, 6.07) is 15.8. The zero-order valence-electron chi connectivity index (χ0n) is 16.6. The number of benzene rings is 2. The topological polar surface area (TPSA) is 89.1 Å². The number of aliphatic imine (C=N–C) groups is 1. The van der Waals surface area contributed by atoms with E-state index in [0.29, 0.717) is 37.0 Å². The van der Waals surface area contributed by atoms with Gasteiger partial charge < -0.3 is 25.6 Å². The number of ether oxygens (including phenoxy) is 2. The first kappa shape index (κ1) is 24.0. The molecule has 0 aliphatic rings. The third-order valence-corrected chi connectivity index (χ3v) is 4.31. The summed E-state index contributed by atoms with van der Waals surface area (Å²) in [5, 5.41) is 13.0. The minimum absolute atomic E-state index is 0. The van der Waals surface area contributed by atoms with Gasteiger partial charge in [0.15, 0.2) is 17.5 Å². The molecule has 7 heteroatoms. The van der Waals surface area contributed by atoms with Gasteiger partial charge in [0, 0.05) is 12.5 Å². The Kier molecular flexibility index (Phi) is 10.7. The van der Waals surface area contributed by atoms with E-state index in [4.69, 9.17) is 15.2 Å². The van der Waals surface area contributed by atoms with Gasteiger partial charge in [0.05, 0.1) is 26.9 Å². The lowest BCUT2D eigenvalue weighted by Gasteiger charge is -2.20. The van der Waals surface area contributed by atoms with Crippen molar-refractivity contribution in [2.75, 3.05) is 20.8 Å². The highest BCUT2D eigenvalue weighted by atomic mass is 127. The summed E-state index contributed by atoms with van der Waals surface area (Å²) in [6.07, 6.45) is 0.266. The molecule has 0 aliphatic carbocycles. The molecule has 0 radical (unpaired) electrons. The van der Waals surface area contributed by atoms with E-state index in [1.54, 1.807) is 21.1 Å². The fourth-order valence-electron chi connectivity index (χ4n) is 2.91. The number of nitrogens with zero attached hydrogens (tertiary/aromatic N) is 1. The van der Waals surface area contributed by atoms with Crippen LogP contribution in [0, 0.1) is 0 Å². The van der Waals surface area contributed by atoms with Gasteiger partial charge in [-0.2, -0.15) is 0 Å². The minimum atomic E-state index is -0.387. The highest BCUT2D eigenvalue weighted by molar-refractivity contribution is 14.0. The zero-order chi connectivity index (χ0) is 19.6. The summed E-state index contributed by atoms with van der Waals surface area (Å²) in [4.78, 5) is 4.39. The van der Waals surface area contributed by atoms with Crippen molar-refractivity contribution < 1.29 is 14.6 Å². The summed E-state index contributed by atoms with van der Waals surface area (Å²) in [6.45, 7) is 2.84. The number of guanidine groups is 1. The van der Waals surface area contributed by atoms with E-state index in [0.717, 1.165) is 5.56 Å².